The molecule has 0 bridgehead atoms. The van der Waals surface area contributed by atoms with Gasteiger partial charge in [0.2, 0.25) is 0 Å². The van der Waals surface area contributed by atoms with Crippen LogP contribution in [0.15, 0.2) is 84.9 Å². The van der Waals surface area contributed by atoms with Gasteiger partial charge in [0, 0.05) is 0 Å². The molecule has 114 valence electrons. The molecule has 0 aromatic heterocycles. The minimum absolute atomic E-state index is 0.997. The Kier molecular flexibility index (Phi) is 3.02. The largest absolute Gasteiger partial charge is 0.0622 e. The van der Waals surface area contributed by atoms with E-state index in [1.54, 1.807) is 0 Å². The van der Waals surface area contributed by atoms with Crippen molar-refractivity contribution in [2.24, 2.45) is 0 Å². The third kappa shape index (κ3) is 2.15. The van der Waals surface area contributed by atoms with Crippen LogP contribution in [0.1, 0.15) is 22.3 Å². The Morgan fingerprint density at radius 1 is 0.625 bits per heavy atom. The van der Waals surface area contributed by atoms with Crippen molar-refractivity contribution in [3.05, 3.63) is 107 Å². The topological polar surface area (TPSA) is 0 Å². The molecule has 0 heterocycles. The van der Waals surface area contributed by atoms with Gasteiger partial charge in [0.1, 0.15) is 0 Å². The van der Waals surface area contributed by atoms with Crippen LogP contribution in [0.2, 0.25) is 0 Å². The van der Waals surface area contributed by atoms with Gasteiger partial charge >= 0.3 is 0 Å². The van der Waals surface area contributed by atoms with Gasteiger partial charge in [-0.25, -0.2) is 0 Å². The molecule has 24 heavy (non-hydrogen) atoms. The molecule has 0 nitrogen and oxygen atoms in total. The maximum absolute atomic E-state index is 2.39. The zero-order valence-corrected chi connectivity index (χ0v) is 13.5. The highest BCUT2D eigenvalue weighted by Crippen LogP contribution is 2.40. The molecule has 0 heteroatoms. The smallest absolute Gasteiger partial charge is 0.000728 e. The van der Waals surface area contributed by atoms with Gasteiger partial charge in [-0.15, -0.1) is 0 Å². The molecule has 0 unspecified atom stereocenters. The van der Waals surface area contributed by atoms with Crippen LogP contribution in [0.3, 0.4) is 0 Å². The van der Waals surface area contributed by atoms with E-state index in [-0.39, 0.29) is 0 Å². The van der Waals surface area contributed by atoms with E-state index in [2.05, 4.69) is 84.9 Å². The van der Waals surface area contributed by atoms with Crippen molar-refractivity contribution in [2.45, 2.75) is 12.8 Å². The van der Waals surface area contributed by atoms with E-state index in [9.17, 15) is 0 Å². The summed E-state index contributed by atoms with van der Waals surface area (Å²) in [5.41, 5.74) is 8.54. The maximum Gasteiger partial charge on any atom is -0.000728 e. The van der Waals surface area contributed by atoms with Crippen LogP contribution in [0.25, 0.3) is 21.9 Å². The summed E-state index contributed by atoms with van der Waals surface area (Å²) in [6.45, 7) is 0. The summed E-state index contributed by atoms with van der Waals surface area (Å²) in [5.74, 6) is 0. The van der Waals surface area contributed by atoms with Gasteiger partial charge in [-0.2, -0.15) is 0 Å². The standard InChI is InChI=1S/C24H18/c1-2-6-17(7-3-1)14-18-10-11-20-16-24-21-9-5-4-8-19(21)12-13-22(24)23(20)15-18/h1-13,15H,14,16H2. The molecule has 4 aromatic carbocycles. The van der Waals surface area contributed by atoms with Crippen molar-refractivity contribution in [3.8, 4) is 11.1 Å². The lowest BCUT2D eigenvalue weighted by atomic mass is 9.97. The second-order valence-corrected chi connectivity index (χ2v) is 6.64. The number of fused-ring (bicyclic) bond motifs is 5. The predicted octanol–water partition coefficient (Wildman–Crippen LogP) is 6.00. The van der Waals surface area contributed by atoms with Crippen molar-refractivity contribution in [2.75, 3.05) is 0 Å². The van der Waals surface area contributed by atoms with Gasteiger partial charge in [0.05, 0.1) is 0 Å². The Hall–Kier alpha value is -2.86. The summed E-state index contributed by atoms with van der Waals surface area (Å²) in [6, 6.07) is 31.0. The second-order valence-electron chi connectivity index (χ2n) is 6.64. The van der Waals surface area contributed by atoms with Crippen molar-refractivity contribution < 1.29 is 0 Å². The summed E-state index contributed by atoms with van der Waals surface area (Å²) in [5, 5.41) is 2.74. The lowest BCUT2D eigenvalue weighted by Gasteiger charge is -2.07. The molecule has 0 fully saturated rings. The molecule has 0 radical (unpaired) electrons. The molecule has 0 saturated carbocycles. The van der Waals surface area contributed by atoms with Crippen LogP contribution in [-0.2, 0) is 12.8 Å². The van der Waals surface area contributed by atoms with Crippen LogP contribution in [0.4, 0.5) is 0 Å². The first-order chi connectivity index (χ1) is 11.9. The quantitative estimate of drug-likeness (QED) is 0.375. The highest BCUT2D eigenvalue weighted by molar-refractivity contribution is 5.95. The Labute approximate surface area is 142 Å². The molecule has 0 N–H and O–H groups in total. The molecule has 0 atom stereocenters. The fourth-order valence-corrected chi connectivity index (χ4v) is 3.94. The first-order valence-corrected chi connectivity index (χ1v) is 8.55. The summed E-state index contributed by atoms with van der Waals surface area (Å²) >= 11 is 0. The van der Waals surface area contributed by atoms with E-state index in [0.717, 1.165) is 12.8 Å². The third-order valence-electron chi connectivity index (χ3n) is 5.12. The Morgan fingerprint density at radius 2 is 1.46 bits per heavy atom. The molecule has 0 amide bonds. The number of rotatable bonds is 2. The average Bonchev–Trinajstić information content (AvgIpc) is 3.01. The first kappa shape index (κ1) is 13.6. The van der Waals surface area contributed by atoms with E-state index in [0.29, 0.717) is 0 Å². The number of hydrogen-bond donors (Lipinski definition) is 0. The lowest BCUT2D eigenvalue weighted by molar-refractivity contribution is 1.18. The van der Waals surface area contributed by atoms with Crippen LogP contribution in [0.5, 0.6) is 0 Å². The third-order valence-corrected chi connectivity index (χ3v) is 5.12. The van der Waals surface area contributed by atoms with Crippen molar-refractivity contribution in [1.82, 2.24) is 0 Å². The van der Waals surface area contributed by atoms with E-state index in [1.165, 1.54) is 44.2 Å². The van der Waals surface area contributed by atoms with Crippen molar-refractivity contribution in [1.29, 1.82) is 0 Å². The summed E-state index contributed by atoms with van der Waals surface area (Å²) in [6.07, 6.45) is 2.05. The lowest BCUT2D eigenvalue weighted by Crippen LogP contribution is -1.89. The van der Waals surface area contributed by atoms with Gasteiger partial charge in [-0.05, 0) is 57.0 Å². The molecule has 0 saturated heterocycles. The summed E-state index contributed by atoms with van der Waals surface area (Å²) in [4.78, 5) is 0. The minimum atomic E-state index is 0.997. The molecule has 0 spiro atoms. The molecule has 1 aliphatic rings. The summed E-state index contributed by atoms with van der Waals surface area (Å²) in [7, 11) is 0. The van der Waals surface area contributed by atoms with Gasteiger partial charge in [-0.3, -0.25) is 0 Å². The molecule has 5 rings (SSSR count). The van der Waals surface area contributed by atoms with E-state index < -0.39 is 0 Å². The monoisotopic (exact) mass is 306 g/mol. The van der Waals surface area contributed by atoms with E-state index in [1.807, 2.05) is 0 Å². The number of benzene rings is 4. The van der Waals surface area contributed by atoms with Gasteiger partial charge in [0.15, 0.2) is 0 Å². The minimum Gasteiger partial charge on any atom is -0.0622 e. The molecule has 4 aromatic rings. The fourth-order valence-electron chi connectivity index (χ4n) is 3.94. The maximum atomic E-state index is 2.39. The van der Waals surface area contributed by atoms with Crippen molar-refractivity contribution >= 4 is 10.8 Å². The Bertz CT molecular complexity index is 1040. The number of hydrogen-bond acceptors (Lipinski definition) is 0. The fraction of sp³-hybridized carbons (Fsp3) is 0.0833. The van der Waals surface area contributed by atoms with Gasteiger partial charge in [0.25, 0.3) is 0 Å². The van der Waals surface area contributed by atoms with Gasteiger partial charge in [-0.1, -0.05) is 84.9 Å². The normalized spacial score (nSPS) is 12.2. The van der Waals surface area contributed by atoms with E-state index >= 15 is 0 Å². The summed E-state index contributed by atoms with van der Waals surface area (Å²) < 4.78 is 0. The molecule has 1 aliphatic carbocycles. The molecule has 0 aliphatic heterocycles. The molecular weight excluding hydrogens is 288 g/mol. The van der Waals surface area contributed by atoms with Crippen LogP contribution >= 0.6 is 0 Å². The zero-order valence-electron chi connectivity index (χ0n) is 13.5. The zero-order chi connectivity index (χ0) is 15.9. The Morgan fingerprint density at radius 3 is 2.38 bits per heavy atom. The molecular formula is C24H18. The van der Waals surface area contributed by atoms with Gasteiger partial charge < -0.3 is 0 Å². The van der Waals surface area contributed by atoms with Crippen molar-refractivity contribution in [3.63, 3.8) is 0 Å². The Balaban J connectivity index is 1.60. The highest BCUT2D eigenvalue weighted by Gasteiger charge is 2.20. The van der Waals surface area contributed by atoms with Crippen LogP contribution < -0.4 is 0 Å². The SMILES string of the molecule is c1ccc(Cc2ccc3c(c2)-c2ccc4ccccc4c2C3)cc1. The average molecular weight is 306 g/mol. The van der Waals surface area contributed by atoms with Crippen LogP contribution in [-0.4, -0.2) is 0 Å². The van der Waals surface area contributed by atoms with Crippen LogP contribution in [0, 0.1) is 0 Å². The highest BCUT2D eigenvalue weighted by atomic mass is 14.2. The second kappa shape index (κ2) is 5.35. The van der Waals surface area contributed by atoms with E-state index in [4.69, 9.17) is 0 Å². The first-order valence-electron chi connectivity index (χ1n) is 8.55. The predicted molar refractivity (Wildman–Crippen MR) is 101 cm³/mol.